The van der Waals surface area contributed by atoms with Crippen LogP contribution in [0, 0.1) is 5.92 Å². The van der Waals surface area contributed by atoms with Gasteiger partial charge in [-0.05, 0) is 24.8 Å². The lowest BCUT2D eigenvalue weighted by Crippen LogP contribution is -2.26. The lowest BCUT2D eigenvalue weighted by Gasteiger charge is -2.19. The van der Waals surface area contributed by atoms with Crippen LogP contribution in [0.5, 0.6) is 0 Å². The summed E-state index contributed by atoms with van der Waals surface area (Å²) < 4.78 is 7.70. The quantitative estimate of drug-likeness (QED) is 0.922. The summed E-state index contributed by atoms with van der Waals surface area (Å²) in [6.07, 6.45) is 6.78. The molecule has 1 saturated heterocycles. The molecule has 2 atom stereocenters. The van der Waals surface area contributed by atoms with Crippen molar-refractivity contribution >= 4 is 5.82 Å². The number of hydrogen-bond donors (Lipinski definition) is 1. The van der Waals surface area contributed by atoms with Crippen molar-refractivity contribution < 1.29 is 4.74 Å². The molecule has 2 aromatic rings. The molecule has 1 N–H and O–H groups in total. The summed E-state index contributed by atoms with van der Waals surface area (Å²) in [6.45, 7) is 1.47. The van der Waals surface area contributed by atoms with Crippen molar-refractivity contribution in [3.63, 3.8) is 0 Å². The molecule has 1 saturated carbocycles. The first kappa shape index (κ1) is 14.5. The van der Waals surface area contributed by atoms with Gasteiger partial charge in [-0.15, -0.1) is 0 Å². The van der Waals surface area contributed by atoms with E-state index in [1.807, 2.05) is 18.2 Å². The zero-order chi connectivity index (χ0) is 15.6. The average Bonchev–Trinajstić information content (AvgIpc) is 3.32. The van der Waals surface area contributed by atoms with E-state index >= 15 is 0 Å². The van der Waals surface area contributed by atoms with E-state index in [2.05, 4.69) is 22.4 Å². The number of benzene rings is 1. The van der Waals surface area contributed by atoms with E-state index < -0.39 is 0 Å². The van der Waals surface area contributed by atoms with E-state index in [1.54, 1.807) is 17.0 Å². The Labute approximate surface area is 135 Å². The molecule has 4 rings (SSSR count). The fourth-order valence-electron chi connectivity index (χ4n) is 3.27. The highest BCUT2D eigenvalue weighted by Crippen LogP contribution is 2.35. The van der Waals surface area contributed by atoms with Crippen LogP contribution < -0.4 is 10.9 Å². The number of rotatable bonds is 5. The third-order valence-electron chi connectivity index (χ3n) is 4.68. The van der Waals surface area contributed by atoms with Gasteiger partial charge in [0.2, 0.25) is 0 Å². The van der Waals surface area contributed by atoms with Crippen molar-refractivity contribution in [1.29, 1.82) is 0 Å². The minimum absolute atomic E-state index is 0.00910. The van der Waals surface area contributed by atoms with E-state index in [0.29, 0.717) is 24.3 Å². The minimum Gasteiger partial charge on any atom is -0.373 e. The van der Waals surface area contributed by atoms with Gasteiger partial charge in [-0.1, -0.05) is 30.3 Å². The average molecular weight is 311 g/mol. The first-order chi connectivity index (χ1) is 11.3. The van der Waals surface area contributed by atoms with Gasteiger partial charge in [-0.3, -0.25) is 4.79 Å². The highest BCUT2D eigenvalue weighted by atomic mass is 16.5. The van der Waals surface area contributed by atoms with E-state index in [0.717, 1.165) is 25.9 Å². The first-order valence-electron chi connectivity index (χ1n) is 8.30. The molecule has 0 radical (unpaired) electrons. The van der Waals surface area contributed by atoms with E-state index in [9.17, 15) is 4.79 Å². The zero-order valence-electron chi connectivity index (χ0n) is 13.0. The Hall–Kier alpha value is -2.14. The third kappa shape index (κ3) is 3.01. The van der Waals surface area contributed by atoms with Crippen LogP contribution in [0.15, 0.2) is 47.5 Å². The van der Waals surface area contributed by atoms with Gasteiger partial charge < -0.3 is 14.6 Å². The second kappa shape index (κ2) is 6.16. The lowest BCUT2D eigenvalue weighted by molar-refractivity contribution is 0.0933. The Bertz CT molecular complexity index is 725. The molecule has 5 heteroatoms. The summed E-state index contributed by atoms with van der Waals surface area (Å²) in [5.41, 5.74) is 1.19. The Morgan fingerprint density at radius 3 is 2.83 bits per heavy atom. The largest absolute Gasteiger partial charge is 0.373 e. The van der Waals surface area contributed by atoms with Crippen molar-refractivity contribution in [2.45, 2.75) is 31.4 Å². The molecule has 1 aliphatic carbocycles. The molecular formula is C18H21N3O2. The second-order valence-electron chi connectivity index (χ2n) is 6.35. The molecule has 2 fully saturated rings. The molecule has 1 aromatic heterocycles. The number of nitrogens with one attached hydrogen (secondary N) is 1. The van der Waals surface area contributed by atoms with Crippen molar-refractivity contribution in [2.24, 2.45) is 5.92 Å². The molecule has 0 amide bonds. The molecule has 0 unspecified atom stereocenters. The van der Waals surface area contributed by atoms with Crippen LogP contribution in [0.4, 0.5) is 5.82 Å². The minimum atomic E-state index is -0.00910. The van der Waals surface area contributed by atoms with Crippen molar-refractivity contribution in [3.8, 4) is 0 Å². The maximum atomic E-state index is 12.4. The first-order valence-corrected chi connectivity index (χ1v) is 8.30. The van der Waals surface area contributed by atoms with Crippen molar-refractivity contribution in [2.75, 3.05) is 18.5 Å². The van der Waals surface area contributed by atoms with Crippen LogP contribution >= 0.6 is 0 Å². The van der Waals surface area contributed by atoms with Gasteiger partial charge in [-0.25, -0.2) is 4.98 Å². The monoisotopic (exact) mass is 311 g/mol. The smallest absolute Gasteiger partial charge is 0.293 e. The summed E-state index contributed by atoms with van der Waals surface area (Å²) in [5, 5.41) is 3.25. The second-order valence-corrected chi connectivity index (χ2v) is 6.35. The van der Waals surface area contributed by atoms with Gasteiger partial charge >= 0.3 is 0 Å². The molecule has 5 nitrogen and oxygen atoms in total. The van der Waals surface area contributed by atoms with Crippen LogP contribution in [0.2, 0.25) is 0 Å². The molecular weight excluding hydrogens is 290 g/mol. The van der Waals surface area contributed by atoms with E-state index in [4.69, 9.17) is 4.74 Å². The Morgan fingerprint density at radius 1 is 1.22 bits per heavy atom. The molecule has 120 valence electrons. The summed E-state index contributed by atoms with van der Waals surface area (Å²) in [5.74, 6) is 0.811. The van der Waals surface area contributed by atoms with Gasteiger partial charge in [0.15, 0.2) is 5.82 Å². The summed E-state index contributed by atoms with van der Waals surface area (Å²) in [7, 11) is 0. The molecule has 2 heterocycles. The maximum Gasteiger partial charge on any atom is 0.293 e. The Balaban J connectivity index is 1.46. The summed E-state index contributed by atoms with van der Waals surface area (Å²) in [4.78, 5) is 16.6. The van der Waals surface area contributed by atoms with E-state index in [-0.39, 0.29) is 11.7 Å². The number of anilines is 1. The summed E-state index contributed by atoms with van der Waals surface area (Å²) >= 11 is 0. The van der Waals surface area contributed by atoms with Crippen molar-refractivity contribution in [1.82, 2.24) is 9.55 Å². The van der Waals surface area contributed by atoms with Gasteiger partial charge in [0.05, 0.1) is 6.10 Å². The molecule has 23 heavy (non-hydrogen) atoms. The van der Waals surface area contributed by atoms with Gasteiger partial charge in [0.25, 0.3) is 5.56 Å². The van der Waals surface area contributed by atoms with Gasteiger partial charge in [0, 0.05) is 37.5 Å². The SMILES string of the molecule is O=c1c(NC[C@H]2CCO[C@@H]2c2ccccc2)nccn1C1CC1. The Morgan fingerprint density at radius 2 is 2.04 bits per heavy atom. The topological polar surface area (TPSA) is 56.1 Å². The molecule has 1 aliphatic heterocycles. The maximum absolute atomic E-state index is 12.4. The predicted octanol–water partition coefficient (Wildman–Crippen LogP) is 2.77. The normalized spacial score (nSPS) is 23.8. The standard InChI is InChI=1S/C18H21N3O2/c22-18-17(19-9-10-21(18)15-6-7-15)20-12-14-8-11-23-16(14)13-4-2-1-3-5-13/h1-5,9-10,14-16H,6-8,11-12H2,(H,19,20)/t14-,16-/m1/s1. The highest BCUT2D eigenvalue weighted by Gasteiger charge is 2.30. The summed E-state index contributed by atoms with van der Waals surface area (Å²) in [6, 6.07) is 10.7. The number of ether oxygens (including phenoxy) is 1. The third-order valence-corrected chi connectivity index (χ3v) is 4.68. The fraction of sp³-hybridized carbons (Fsp3) is 0.444. The molecule has 2 aliphatic rings. The number of hydrogen-bond acceptors (Lipinski definition) is 4. The number of aromatic nitrogens is 2. The molecule has 0 bridgehead atoms. The molecule has 0 spiro atoms. The highest BCUT2D eigenvalue weighted by molar-refractivity contribution is 5.32. The van der Waals surface area contributed by atoms with Crippen LogP contribution in [0.1, 0.15) is 37.0 Å². The molecule has 1 aromatic carbocycles. The zero-order valence-corrected chi connectivity index (χ0v) is 13.0. The van der Waals surface area contributed by atoms with Crippen LogP contribution in [-0.4, -0.2) is 22.7 Å². The van der Waals surface area contributed by atoms with Crippen LogP contribution in [0.25, 0.3) is 0 Å². The van der Waals surface area contributed by atoms with Gasteiger partial charge in [0.1, 0.15) is 0 Å². The van der Waals surface area contributed by atoms with Crippen molar-refractivity contribution in [3.05, 3.63) is 58.6 Å². The van der Waals surface area contributed by atoms with Gasteiger partial charge in [-0.2, -0.15) is 0 Å². The Kier molecular flexibility index (Phi) is 3.87. The fourth-order valence-corrected chi connectivity index (χ4v) is 3.27. The number of nitrogens with zero attached hydrogens (tertiary/aromatic N) is 2. The lowest BCUT2D eigenvalue weighted by atomic mass is 9.95. The van der Waals surface area contributed by atoms with Crippen LogP contribution in [0.3, 0.4) is 0 Å². The predicted molar refractivity (Wildman–Crippen MR) is 88.5 cm³/mol. The van der Waals surface area contributed by atoms with E-state index in [1.165, 1.54) is 5.56 Å². The van der Waals surface area contributed by atoms with Crippen LogP contribution in [-0.2, 0) is 4.74 Å².